The summed E-state index contributed by atoms with van der Waals surface area (Å²) in [6.07, 6.45) is 4.50. The molecule has 5 heteroatoms. The normalized spacial score (nSPS) is 10.6. The minimum Gasteiger partial charge on any atom is -0.490 e. The van der Waals surface area contributed by atoms with E-state index in [1.807, 2.05) is 35.1 Å². The van der Waals surface area contributed by atoms with Gasteiger partial charge in [0.25, 0.3) is 0 Å². The number of nitrogens with zero attached hydrogens (tertiary/aromatic N) is 2. The van der Waals surface area contributed by atoms with Crippen molar-refractivity contribution in [2.45, 2.75) is 13.0 Å². The number of aromatic nitrogens is 2. The smallest absolute Gasteiger partial charge is 0.136 e. The molecule has 0 atom stereocenters. The van der Waals surface area contributed by atoms with Crippen molar-refractivity contribution in [3.05, 3.63) is 46.7 Å². The Bertz CT molecular complexity index is 485. The van der Waals surface area contributed by atoms with Crippen molar-refractivity contribution in [1.29, 1.82) is 0 Å². The Balaban J connectivity index is 1.99. The van der Waals surface area contributed by atoms with E-state index in [9.17, 15) is 0 Å². The van der Waals surface area contributed by atoms with Crippen LogP contribution in [0.1, 0.15) is 5.56 Å². The molecule has 96 valence electrons. The van der Waals surface area contributed by atoms with Crippen molar-refractivity contribution in [1.82, 2.24) is 9.78 Å². The van der Waals surface area contributed by atoms with E-state index < -0.39 is 0 Å². The van der Waals surface area contributed by atoms with Gasteiger partial charge in [0.2, 0.25) is 0 Å². The molecule has 0 fully saturated rings. The number of benzene rings is 1. The molecule has 0 aliphatic rings. The van der Waals surface area contributed by atoms with Crippen molar-refractivity contribution in [2.75, 3.05) is 13.2 Å². The highest BCUT2D eigenvalue weighted by molar-refractivity contribution is 9.10. The standard InChI is InChI=1S/C13H16BrN3O/c14-12-4-1-3-11(5-6-15)13(12)18-10-9-17-8-2-7-16-17/h1-4,7-8H,5-6,9-10,15H2. The number of hydrogen-bond acceptors (Lipinski definition) is 3. The van der Waals surface area contributed by atoms with Crippen LogP contribution in [0.5, 0.6) is 5.75 Å². The van der Waals surface area contributed by atoms with E-state index in [1.165, 1.54) is 0 Å². The van der Waals surface area contributed by atoms with Crippen LogP contribution in [0.25, 0.3) is 0 Å². The zero-order valence-electron chi connectivity index (χ0n) is 10.1. The maximum Gasteiger partial charge on any atom is 0.136 e. The first-order valence-corrected chi connectivity index (χ1v) is 6.68. The van der Waals surface area contributed by atoms with E-state index in [4.69, 9.17) is 10.5 Å². The van der Waals surface area contributed by atoms with Gasteiger partial charge in [0, 0.05) is 12.4 Å². The van der Waals surface area contributed by atoms with E-state index in [0.29, 0.717) is 13.2 Å². The number of ether oxygens (including phenoxy) is 1. The SMILES string of the molecule is NCCc1cccc(Br)c1OCCn1cccn1. The Morgan fingerprint density at radius 3 is 2.94 bits per heavy atom. The molecule has 0 bridgehead atoms. The van der Waals surface area contributed by atoms with Crippen molar-refractivity contribution in [3.8, 4) is 5.75 Å². The van der Waals surface area contributed by atoms with Gasteiger partial charge in [0.15, 0.2) is 0 Å². The summed E-state index contributed by atoms with van der Waals surface area (Å²) in [7, 11) is 0. The highest BCUT2D eigenvalue weighted by Gasteiger charge is 2.07. The lowest BCUT2D eigenvalue weighted by Gasteiger charge is -2.13. The molecule has 0 aliphatic carbocycles. The monoisotopic (exact) mass is 309 g/mol. The largest absolute Gasteiger partial charge is 0.490 e. The lowest BCUT2D eigenvalue weighted by Crippen LogP contribution is -2.11. The van der Waals surface area contributed by atoms with Crippen molar-refractivity contribution < 1.29 is 4.74 Å². The molecular formula is C13H16BrN3O. The third-order valence-electron chi connectivity index (χ3n) is 2.59. The van der Waals surface area contributed by atoms with Crippen LogP contribution < -0.4 is 10.5 Å². The van der Waals surface area contributed by atoms with Crippen molar-refractivity contribution in [3.63, 3.8) is 0 Å². The molecule has 0 saturated carbocycles. The number of halogens is 1. The lowest BCUT2D eigenvalue weighted by molar-refractivity contribution is 0.287. The highest BCUT2D eigenvalue weighted by atomic mass is 79.9. The van der Waals surface area contributed by atoms with Gasteiger partial charge in [0.05, 0.1) is 11.0 Å². The highest BCUT2D eigenvalue weighted by Crippen LogP contribution is 2.29. The molecule has 0 spiro atoms. The topological polar surface area (TPSA) is 53.1 Å². The minimum atomic E-state index is 0.585. The number of para-hydroxylation sites is 1. The summed E-state index contributed by atoms with van der Waals surface area (Å²) in [6, 6.07) is 7.91. The van der Waals surface area contributed by atoms with Crippen LogP contribution in [0.4, 0.5) is 0 Å². The van der Waals surface area contributed by atoms with Crippen LogP contribution in [0.2, 0.25) is 0 Å². The van der Waals surface area contributed by atoms with E-state index in [0.717, 1.165) is 28.8 Å². The van der Waals surface area contributed by atoms with Crippen LogP contribution in [0.3, 0.4) is 0 Å². The zero-order chi connectivity index (χ0) is 12.8. The van der Waals surface area contributed by atoms with Gasteiger partial charge in [-0.25, -0.2) is 0 Å². The number of rotatable bonds is 6. The second kappa shape index (κ2) is 6.56. The van der Waals surface area contributed by atoms with Crippen LogP contribution in [-0.2, 0) is 13.0 Å². The molecule has 18 heavy (non-hydrogen) atoms. The maximum absolute atomic E-state index is 5.83. The van der Waals surface area contributed by atoms with Gasteiger partial charge in [-0.15, -0.1) is 0 Å². The summed E-state index contributed by atoms with van der Waals surface area (Å²) in [5, 5.41) is 4.13. The third-order valence-corrected chi connectivity index (χ3v) is 3.21. The van der Waals surface area contributed by atoms with Crippen LogP contribution in [0, 0.1) is 0 Å². The average Bonchev–Trinajstić information content (AvgIpc) is 2.86. The Labute approximate surface area is 115 Å². The van der Waals surface area contributed by atoms with E-state index in [1.54, 1.807) is 6.20 Å². The summed E-state index contributed by atoms with van der Waals surface area (Å²) in [5.41, 5.74) is 6.73. The second-order valence-corrected chi connectivity index (χ2v) is 4.74. The average molecular weight is 310 g/mol. The van der Waals surface area contributed by atoms with Crippen molar-refractivity contribution in [2.24, 2.45) is 5.73 Å². The molecule has 0 amide bonds. The number of nitrogens with two attached hydrogens (primary N) is 1. The van der Waals surface area contributed by atoms with Crippen LogP contribution in [0.15, 0.2) is 41.1 Å². The van der Waals surface area contributed by atoms with E-state index >= 15 is 0 Å². The molecule has 2 rings (SSSR count). The first kappa shape index (κ1) is 13.1. The van der Waals surface area contributed by atoms with E-state index in [-0.39, 0.29) is 0 Å². The molecule has 0 aliphatic heterocycles. The van der Waals surface area contributed by atoms with Gasteiger partial charge in [0.1, 0.15) is 12.4 Å². The molecule has 4 nitrogen and oxygen atoms in total. The summed E-state index contributed by atoms with van der Waals surface area (Å²) in [5.74, 6) is 0.884. The predicted molar refractivity (Wildman–Crippen MR) is 74.6 cm³/mol. The maximum atomic E-state index is 5.83. The lowest BCUT2D eigenvalue weighted by atomic mass is 10.1. The first-order valence-electron chi connectivity index (χ1n) is 5.89. The Kier molecular flexibility index (Phi) is 4.78. The minimum absolute atomic E-state index is 0.585. The molecule has 1 heterocycles. The van der Waals surface area contributed by atoms with Gasteiger partial charge in [-0.2, -0.15) is 5.10 Å². The Morgan fingerprint density at radius 2 is 2.22 bits per heavy atom. The van der Waals surface area contributed by atoms with Crippen LogP contribution in [-0.4, -0.2) is 22.9 Å². The first-order chi connectivity index (χ1) is 8.81. The molecule has 0 radical (unpaired) electrons. The second-order valence-electron chi connectivity index (χ2n) is 3.88. The molecule has 2 aromatic rings. The summed E-state index contributed by atoms with van der Waals surface area (Å²) in [4.78, 5) is 0. The fourth-order valence-corrected chi connectivity index (χ4v) is 2.26. The molecule has 0 unspecified atom stereocenters. The van der Waals surface area contributed by atoms with Gasteiger partial charge >= 0.3 is 0 Å². The molecule has 2 N–H and O–H groups in total. The fraction of sp³-hybridized carbons (Fsp3) is 0.308. The van der Waals surface area contributed by atoms with E-state index in [2.05, 4.69) is 21.0 Å². The number of hydrogen-bond donors (Lipinski definition) is 1. The van der Waals surface area contributed by atoms with Gasteiger partial charge in [-0.05, 0) is 46.6 Å². The Hall–Kier alpha value is -1.33. The Morgan fingerprint density at radius 1 is 1.33 bits per heavy atom. The van der Waals surface area contributed by atoms with Crippen molar-refractivity contribution >= 4 is 15.9 Å². The fourth-order valence-electron chi connectivity index (χ4n) is 1.74. The quantitative estimate of drug-likeness (QED) is 0.890. The summed E-state index contributed by atoms with van der Waals surface area (Å²) < 4.78 is 8.64. The molecule has 1 aromatic carbocycles. The van der Waals surface area contributed by atoms with Crippen LogP contribution >= 0.6 is 15.9 Å². The zero-order valence-corrected chi connectivity index (χ0v) is 11.6. The molecule has 0 saturated heterocycles. The van der Waals surface area contributed by atoms with Gasteiger partial charge in [-0.3, -0.25) is 4.68 Å². The summed E-state index contributed by atoms with van der Waals surface area (Å²) >= 11 is 3.51. The third kappa shape index (κ3) is 3.34. The van der Waals surface area contributed by atoms with Gasteiger partial charge in [-0.1, -0.05) is 12.1 Å². The van der Waals surface area contributed by atoms with Gasteiger partial charge < -0.3 is 10.5 Å². The molecular weight excluding hydrogens is 294 g/mol. The summed E-state index contributed by atoms with van der Waals surface area (Å²) in [6.45, 7) is 1.93. The molecule has 1 aromatic heterocycles. The predicted octanol–water partition coefficient (Wildman–Crippen LogP) is 2.23.